The number of nitrogens with one attached hydrogen (secondary N) is 3. The Morgan fingerprint density at radius 2 is 1.40 bits per heavy atom. The first-order valence-corrected chi connectivity index (χ1v) is 21.7. The second-order valence-electron chi connectivity index (χ2n) is 16.2. The summed E-state index contributed by atoms with van der Waals surface area (Å²) in [6.07, 6.45) is 17.0. The second kappa shape index (κ2) is 23.0. The van der Waals surface area contributed by atoms with E-state index in [1.54, 1.807) is 66.8 Å². The molecule has 3 fully saturated rings. The largest absolute Gasteiger partial charge is 0.510 e. The van der Waals surface area contributed by atoms with E-state index in [9.17, 15) is 48.3 Å². The van der Waals surface area contributed by atoms with Crippen LogP contribution >= 0.6 is 0 Å². The van der Waals surface area contributed by atoms with Crippen molar-refractivity contribution < 1.29 is 53.0 Å². The van der Waals surface area contributed by atoms with Gasteiger partial charge < -0.3 is 45.4 Å². The Morgan fingerprint density at radius 1 is 0.815 bits per heavy atom. The van der Waals surface area contributed by atoms with Gasteiger partial charge in [-0.3, -0.25) is 38.4 Å². The van der Waals surface area contributed by atoms with Crippen molar-refractivity contribution in [3.8, 4) is 0 Å². The van der Waals surface area contributed by atoms with Gasteiger partial charge in [0.25, 0.3) is 0 Å². The van der Waals surface area contributed by atoms with Crippen LogP contribution in [0.25, 0.3) is 0 Å². The highest BCUT2D eigenvalue weighted by Crippen LogP contribution is 2.25. The molecule has 346 valence electrons. The van der Waals surface area contributed by atoms with Gasteiger partial charge in [0.2, 0.25) is 41.4 Å². The molecule has 0 radical (unpaired) electrons. The molecule has 3 aliphatic heterocycles. The van der Waals surface area contributed by atoms with Crippen molar-refractivity contribution in [2.45, 2.75) is 95.0 Å². The highest BCUT2D eigenvalue weighted by atomic mass is 16.5. The van der Waals surface area contributed by atoms with Gasteiger partial charge in [0.1, 0.15) is 54.3 Å². The van der Waals surface area contributed by atoms with Crippen LogP contribution in [0.3, 0.4) is 0 Å². The van der Waals surface area contributed by atoms with Crippen molar-refractivity contribution in [2.24, 2.45) is 0 Å². The van der Waals surface area contributed by atoms with E-state index in [-0.39, 0.29) is 56.0 Å². The number of cyclic esters (lactones) is 1. The zero-order valence-electron chi connectivity index (χ0n) is 37.0. The molecule has 65 heavy (non-hydrogen) atoms. The molecule has 1 aromatic rings. The molecule has 4 aliphatic rings. The molecule has 0 spiro atoms. The predicted octanol–water partition coefficient (Wildman–Crippen LogP) is 1.46. The van der Waals surface area contributed by atoms with Gasteiger partial charge in [-0.2, -0.15) is 0 Å². The first kappa shape index (κ1) is 48.9. The van der Waals surface area contributed by atoms with E-state index < -0.39 is 90.2 Å². The van der Waals surface area contributed by atoms with Crippen molar-refractivity contribution >= 4 is 53.1 Å². The maximum atomic E-state index is 14.6. The fourth-order valence-corrected chi connectivity index (χ4v) is 7.90. The Balaban J connectivity index is 1.30. The summed E-state index contributed by atoms with van der Waals surface area (Å²) >= 11 is 0. The smallest absolute Gasteiger partial charge is 0.328 e. The maximum Gasteiger partial charge on any atom is 0.328 e. The number of aliphatic hydroxyl groups excluding tert-OH is 1. The first-order chi connectivity index (χ1) is 31.1. The van der Waals surface area contributed by atoms with E-state index in [2.05, 4.69) is 16.0 Å². The highest BCUT2D eigenvalue weighted by molar-refractivity contribution is 6.03. The van der Waals surface area contributed by atoms with E-state index >= 15 is 0 Å². The number of Topliss-reactive ketones (excluding diaryl/α,β-unsaturated/α-hetero) is 1. The summed E-state index contributed by atoms with van der Waals surface area (Å²) in [5.74, 6) is -5.34. The average Bonchev–Trinajstić information content (AvgIpc) is 4.06. The molecule has 1 aliphatic carbocycles. The molecule has 4 N–H and O–H groups in total. The number of fused-ring (bicyclic) bond motifs is 2. The zero-order chi connectivity index (χ0) is 47.2. The number of ketones is 1. The number of aliphatic hydroxyl groups is 1. The summed E-state index contributed by atoms with van der Waals surface area (Å²) in [5.41, 5.74) is 0.628. The zero-order valence-corrected chi connectivity index (χ0v) is 37.0. The second-order valence-corrected chi connectivity index (χ2v) is 16.2. The molecule has 3 saturated heterocycles. The minimum Gasteiger partial charge on any atom is -0.510 e. The summed E-state index contributed by atoms with van der Waals surface area (Å²) < 4.78 is 5.75. The number of ether oxygens (including phenoxy) is 1. The summed E-state index contributed by atoms with van der Waals surface area (Å²) in [5, 5.41) is 17.5. The molecule has 0 aromatic heterocycles. The Labute approximate surface area is 377 Å². The van der Waals surface area contributed by atoms with Crippen LogP contribution in [0.4, 0.5) is 0 Å². The summed E-state index contributed by atoms with van der Waals surface area (Å²) in [6.45, 7) is 2.83. The monoisotopic (exact) mass is 895 g/mol. The summed E-state index contributed by atoms with van der Waals surface area (Å²) in [6, 6.07) is 2.33. The van der Waals surface area contributed by atoms with E-state index in [4.69, 9.17) is 4.74 Å². The molecule has 18 nitrogen and oxygen atoms in total. The number of hydrogen-bond acceptors (Lipinski definition) is 11. The van der Waals surface area contributed by atoms with Gasteiger partial charge in [-0.15, -0.1) is 0 Å². The van der Waals surface area contributed by atoms with Gasteiger partial charge in [0, 0.05) is 58.6 Å². The van der Waals surface area contributed by atoms with Crippen molar-refractivity contribution in [2.75, 3.05) is 33.8 Å². The van der Waals surface area contributed by atoms with Crippen LogP contribution in [0.1, 0.15) is 57.9 Å². The van der Waals surface area contributed by atoms with E-state index in [1.807, 2.05) is 0 Å². The molecular weight excluding hydrogens is 839 g/mol. The van der Waals surface area contributed by atoms with Crippen LogP contribution in [0.2, 0.25) is 0 Å². The number of nitrogens with zero attached hydrogens (tertiary/aromatic N) is 4. The van der Waals surface area contributed by atoms with Gasteiger partial charge >= 0.3 is 5.97 Å². The van der Waals surface area contributed by atoms with Crippen LogP contribution < -0.4 is 16.0 Å². The standard InChI is InChI=1S/C47H57N7O11/c1-30-43(60)54-27-17-21-35(54)47(64)65-29-36(46(63)53-26-16-20-34(53)45(62)51(3)31(2)42(59)48-30)52(4)44(61)33(28-32-18-12-11-13-19-32)49-39(57)22-14-9-7-5-6-8-10-15-23-40(58)50-41-37(55)24-25-38(41)56/h5-15,18-19,22-23,30-31,33-36,55H,16-17,20-21,24-29H2,1-4H3,(H,48,59)(H,49,57)(H,50,58). The SMILES string of the molecule is CC1NC(=O)C(C)N(C)C(=O)C2CCCN2C(=O)C(N(C)C(=O)C(Cc2ccccc2)NC(=O)C=CC=CC=CC=CC=CC(=O)NC2=C(O)CCC2=O)COC(=O)C2CCCN2C1=O. The third-order valence-electron chi connectivity index (χ3n) is 11.7. The predicted molar refractivity (Wildman–Crippen MR) is 237 cm³/mol. The van der Waals surface area contributed by atoms with Gasteiger partial charge in [-0.1, -0.05) is 78.9 Å². The van der Waals surface area contributed by atoms with Gasteiger partial charge in [-0.25, -0.2) is 4.79 Å². The molecule has 6 unspecified atom stereocenters. The molecule has 3 heterocycles. The fourth-order valence-electron chi connectivity index (χ4n) is 7.90. The number of allylic oxidation sites excluding steroid dienone is 10. The summed E-state index contributed by atoms with van der Waals surface area (Å²) in [4.78, 5) is 125. The number of rotatable bonds is 12. The molecule has 0 bridgehead atoms. The van der Waals surface area contributed by atoms with Gasteiger partial charge in [0.05, 0.1) is 0 Å². The Kier molecular flexibility index (Phi) is 17.3. The topological polar surface area (TPSA) is 232 Å². The van der Waals surface area contributed by atoms with Crippen molar-refractivity contribution in [3.05, 3.63) is 108 Å². The van der Waals surface area contributed by atoms with Crippen molar-refractivity contribution in [1.82, 2.24) is 35.6 Å². The molecule has 1 aromatic carbocycles. The highest BCUT2D eigenvalue weighted by Gasteiger charge is 2.45. The average molecular weight is 896 g/mol. The number of hydrogen-bond donors (Lipinski definition) is 4. The Bertz CT molecular complexity index is 2200. The maximum absolute atomic E-state index is 14.6. The molecule has 7 amide bonds. The van der Waals surface area contributed by atoms with Crippen molar-refractivity contribution in [1.29, 1.82) is 0 Å². The lowest BCUT2D eigenvalue weighted by Crippen LogP contribution is -2.60. The molecule has 5 rings (SSSR count). The number of esters is 1. The molecule has 18 heteroatoms. The van der Waals surface area contributed by atoms with Crippen LogP contribution in [0, 0.1) is 0 Å². The van der Waals surface area contributed by atoms with E-state index in [0.29, 0.717) is 24.8 Å². The van der Waals surface area contributed by atoms with Crippen LogP contribution in [0.5, 0.6) is 0 Å². The third-order valence-corrected chi connectivity index (χ3v) is 11.7. The third kappa shape index (κ3) is 12.8. The Hall–Kier alpha value is -7.11. The molecule has 6 atom stereocenters. The number of amides is 7. The molecule has 0 saturated carbocycles. The van der Waals surface area contributed by atoms with Crippen LogP contribution in [-0.4, -0.2) is 148 Å². The van der Waals surface area contributed by atoms with Crippen LogP contribution in [0.15, 0.2) is 103 Å². The minimum absolute atomic E-state index is 0.0384. The lowest BCUT2D eigenvalue weighted by Gasteiger charge is -2.36. The Morgan fingerprint density at radius 3 is 2.02 bits per heavy atom. The number of likely N-dealkylation sites (N-methyl/N-ethyl adjacent to an activating group) is 2. The van der Waals surface area contributed by atoms with Gasteiger partial charge in [-0.05, 0) is 45.1 Å². The van der Waals surface area contributed by atoms with Crippen molar-refractivity contribution in [3.63, 3.8) is 0 Å². The number of carbonyl (C=O) groups is 9. The quantitative estimate of drug-likeness (QED) is 0.133. The summed E-state index contributed by atoms with van der Waals surface area (Å²) in [7, 11) is 2.82. The lowest BCUT2D eigenvalue weighted by atomic mass is 10.0. The first-order valence-electron chi connectivity index (χ1n) is 21.7. The fraction of sp³-hybridized carbons (Fsp3) is 0.426. The minimum atomic E-state index is -1.43. The number of carbonyl (C=O) groups excluding carboxylic acids is 9. The van der Waals surface area contributed by atoms with Gasteiger partial charge in [0.15, 0.2) is 5.78 Å². The van der Waals surface area contributed by atoms with E-state index in [0.717, 1.165) is 4.90 Å². The van der Waals surface area contributed by atoms with Crippen LogP contribution in [-0.2, 0) is 54.3 Å². The lowest BCUT2D eigenvalue weighted by molar-refractivity contribution is -0.161. The normalized spacial score (nSPS) is 24.4. The van der Waals surface area contributed by atoms with E-state index in [1.165, 1.54) is 66.9 Å². The number of benzene rings is 1. The molecular formula is C47H57N7O11.